The molecule has 0 radical (unpaired) electrons. The van der Waals surface area contributed by atoms with Gasteiger partial charge in [0, 0.05) is 24.1 Å². The van der Waals surface area contributed by atoms with Crippen molar-refractivity contribution in [3.63, 3.8) is 0 Å². The molecule has 3 rings (SSSR count). The van der Waals surface area contributed by atoms with Crippen LogP contribution < -0.4 is 0 Å². The number of carbonyl (C=O) groups excluding carboxylic acids is 1. The number of allylic oxidation sites excluding steroid dienone is 1. The van der Waals surface area contributed by atoms with E-state index in [1.165, 1.54) is 0 Å². The number of carbonyl (C=O) groups is 1. The summed E-state index contributed by atoms with van der Waals surface area (Å²) in [5.74, 6) is 0.0175. The van der Waals surface area contributed by atoms with Crippen molar-refractivity contribution < 1.29 is 4.79 Å². The monoisotopic (exact) mass is 303 g/mol. The molecule has 2 aromatic carbocycles. The van der Waals surface area contributed by atoms with E-state index in [4.69, 9.17) is 0 Å². The molecule has 0 saturated carbocycles. The molecule has 1 heterocycles. The first-order valence-corrected chi connectivity index (χ1v) is 7.89. The molecule has 116 valence electrons. The molecule has 2 aromatic rings. The van der Waals surface area contributed by atoms with Crippen LogP contribution in [0.15, 0.2) is 85.5 Å². The van der Waals surface area contributed by atoms with Gasteiger partial charge in [-0.3, -0.25) is 4.79 Å². The van der Waals surface area contributed by atoms with Crippen molar-refractivity contribution in [2.45, 2.75) is 18.4 Å². The number of benzene rings is 2. The maximum Gasteiger partial charge on any atom is 0.250 e. The summed E-state index contributed by atoms with van der Waals surface area (Å²) in [7, 11) is 0. The van der Waals surface area contributed by atoms with E-state index in [9.17, 15) is 4.79 Å². The summed E-state index contributed by atoms with van der Waals surface area (Å²) in [6.07, 6.45) is 2.69. The van der Waals surface area contributed by atoms with Gasteiger partial charge in [0.1, 0.15) is 0 Å². The predicted molar refractivity (Wildman–Crippen MR) is 93.9 cm³/mol. The molecule has 2 heteroatoms. The smallest absolute Gasteiger partial charge is 0.250 e. The zero-order chi connectivity index (χ0) is 16.3. The Morgan fingerprint density at radius 3 is 2.26 bits per heavy atom. The minimum absolute atomic E-state index is 0.0175. The average molecular weight is 303 g/mol. The number of piperidine rings is 1. The van der Waals surface area contributed by atoms with Crippen LogP contribution in [0.3, 0.4) is 0 Å². The first kappa shape index (κ1) is 15.3. The van der Waals surface area contributed by atoms with Gasteiger partial charge in [-0.1, -0.05) is 73.3 Å². The molecule has 2 nitrogen and oxygen atoms in total. The van der Waals surface area contributed by atoms with Gasteiger partial charge in [-0.15, -0.1) is 6.58 Å². The van der Waals surface area contributed by atoms with Crippen LogP contribution in [0.1, 0.15) is 17.5 Å². The topological polar surface area (TPSA) is 20.3 Å². The van der Waals surface area contributed by atoms with Gasteiger partial charge in [-0.05, 0) is 17.5 Å². The van der Waals surface area contributed by atoms with Crippen LogP contribution in [-0.4, -0.2) is 17.4 Å². The normalized spacial score (nSPS) is 21.3. The van der Waals surface area contributed by atoms with Crippen LogP contribution in [0, 0.1) is 0 Å². The first-order valence-electron chi connectivity index (χ1n) is 7.89. The highest BCUT2D eigenvalue weighted by Crippen LogP contribution is 2.40. The third-order valence-corrected chi connectivity index (χ3v) is 4.71. The Balaban J connectivity index is 1.86. The van der Waals surface area contributed by atoms with Gasteiger partial charge in [0.05, 0.1) is 0 Å². The standard InChI is InChI=1S/C21H21NO/c1-3-21(19-12-8-5-9-13-19)14-15-22(20(23)17(21)2)16-18-10-6-4-7-11-18/h3-13H,1-2,14-16H2/t21-/m0/s1. The van der Waals surface area contributed by atoms with Crippen molar-refractivity contribution in [2.24, 2.45) is 0 Å². The average Bonchev–Trinajstić information content (AvgIpc) is 2.61. The van der Waals surface area contributed by atoms with E-state index < -0.39 is 5.41 Å². The molecule has 0 N–H and O–H groups in total. The second kappa shape index (κ2) is 6.25. The Hall–Kier alpha value is -2.61. The van der Waals surface area contributed by atoms with Gasteiger partial charge >= 0.3 is 0 Å². The highest BCUT2D eigenvalue weighted by molar-refractivity contribution is 5.97. The molecule has 1 fully saturated rings. The van der Waals surface area contributed by atoms with Gasteiger partial charge < -0.3 is 4.90 Å². The number of hydrogen-bond donors (Lipinski definition) is 0. The Morgan fingerprint density at radius 1 is 1.04 bits per heavy atom. The molecule has 23 heavy (non-hydrogen) atoms. The van der Waals surface area contributed by atoms with Gasteiger partial charge in [0.25, 0.3) is 5.91 Å². The lowest BCUT2D eigenvalue weighted by Gasteiger charge is -2.41. The van der Waals surface area contributed by atoms with Gasteiger partial charge in [0.2, 0.25) is 0 Å². The van der Waals surface area contributed by atoms with Crippen molar-refractivity contribution >= 4 is 5.91 Å². The Kier molecular flexibility index (Phi) is 4.16. The largest absolute Gasteiger partial charge is 0.335 e. The lowest BCUT2D eigenvalue weighted by Crippen LogP contribution is -2.46. The van der Waals surface area contributed by atoms with Crippen molar-refractivity contribution in [2.75, 3.05) is 6.54 Å². The molecular formula is C21H21NO. The number of nitrogens with zero attached hydrogens (tertiary/aromatic N) is 1. The van der Waals surface area contributed by atoms with E-state index in [0.717, 1.165) is 17.5 Å². The maximum absolute atomic E-state index is 12.9. The minimum Gasteiger partial charge on any atom is -0.335 e. The van der Waals surface area contributed by atoms with Crippen LogP contribution in [0.2, 0.25) is 0 Å². The quantitative estimate of drug-likeness (QED) is 0.615. The van der Waals surface area contributed by atoms with Crippen LogP contribution >= 0.6 is 0 Å². The fourth-order valence-electron chi connectivity index (χ4n) is 3.30. The summed E-state index contributed by atoms with van der Waals surface area (Å²) in [5.41, 5.74) is 2.39. The Bertz CT molecular complexity index is 720. The maximum atomic E-state index is 12.9. The van der Waals surface area contributed by atoms with Crippen molar-refractivity contribution in [1.82, 2.24) is 4.90 Å². The van der Waals surface area contributed by atoms with E-state index in [1.54, 1.807) is 0 Å². The second-order valence-electron chi connectivity index (χ2n) is 5.98. The molecule has 0 aliphatic carbocycles. The van der Waals surface area contributed by atoms with Crippen LogP contribution in [0.4, 0.5) is 0 Å². The highest BCUT2D eigenvalue weighted by Gasteiger charge is 2.41. The Morgan fingerprint density at radius 2 is 1.65 bits per heavy atom. The fourth-order valence-corrected chi connectivity index (χ4v) is 3.30. The number of rotatable bonds is 4. The molecule has 1 saturated heterocycles. The van der Waals surface area contributed by atoms with Crippen LogP contribution in [-0.2, 0) is 16.8 Å². The van der Waals surface area contributed by atoms with E-state index in [1.807, 2.05) is 71.6 Å². The second-order valence-corrected chi connectivity index (χ2v) is 5.98. The van der Waals surface area contributed by atoms with Crippen LogP contribution in [0.5, 0.6) is 0 Å². The summed E-state index contributed by atoms with van der Waals surface area (Å²) in [4.78, 5) is 14.7. The van der Waals surface area contributed by atoms with Crippen molar-refractivity contribution in [3.8, 4) is 0 Å². The van der Waals surface area contributed by atoms with Gasteiger partial charge in [0.15, 0.2) is 0 Å². The molecule has 0 aromatic heterocycles. The number of hydrogen-bond acceptors (Lipinski definition) is 1. The molecular weight excluding hydrogens is 282 g/mol. The van der Waals surface area contributed by atoms with Crippen molar-refractivity contribution in [1.29, 1.82) is 0 Å². The van der Waals surface area contributed by atoms with E-state index in [-0.39, 0.29) is 5.91 Å². The van der Waals surface area contributed by atoms with Gasteiger partial charge in [-0.2, -0.15) is 0 Å². The predicted octanol–water partition coefficient (Wildman–Crippen LogP) is 4.10. The molecule has 1 aliphatic rings. The van der Waals surface area contributed by atoms with Crippen molar-refractivity contribution in [3.05, 3.63) is 96.6 Å². The zero-order valence-corrected chi connectivity index (χ0v) is 13.2. The van der Waals surface area contributed by atoms with E-state index >= 15 is 0 Å². The van der Waals surface area contributed by atoms with E-state index in [0.29, 0.717) is 18.7 Å². The number of amides is 1. The highest BCUT2D eigenvalue weighted by atomic mass is 16.2. The van der Waals surface area contributed by atoms with E-state index in [2.05, 4.69) is 13.2 Å². The molecule has 1 aliphatic heterocycles. The SMILES string of the molecule is C=C[C@]1(c2ccccc2)CCN(Cc2ccccc2)C(=O)C1=C. The molecule has 1 amide bonds. The summed E-state index contributed by atoms with van der Waals surface area (Å²) in [5, 5.41) is 0. The molecule has 0 unspecified atom stereocenters. The third-order valence-electron chi connectivity index (χ3n) is 4.71. The fraction of sp³-hybridized carbons (Fsp3) is 0.190. The lowest BCUT2D eigenvalue weighted by atomic mass is 9.69. The summed E-state index contributed by atoms with van der Waals surface area (Å²) in [6.45, 7) is 9.45. The third kappa shape index (κ3) is 2.72. The molecule has 0 bridgehead atoms. The first-order chi connectivity index (χ1) is 11.2. The molecule has 1 atom stereocenters. The summed E-state index contributed by atoms with van der Waals surface area (Å²) in [6, 6.07) is 20.1. The number of likely N-dealkylation sites (tertiary alicyclic amines) is 1. The Labute approximate surface area is 137 Å². The van der Waals surface area contributed by atoms with Gasteiger partial charge in [-0.25, -0.2) is 0 Å². The summed E-state index contributed by atoms with van der Waals surface area (Å²) >= 11 is 0. The summed E-state index contributed by atoms with van der Waals surface area (Å²) < 4.78 is 0. The minimum atomic E-state index is -0.453. The molecule has 0 spiro atoms. The van der Waals surface area contributed by atoms with Crippen LogP contribution in [0.25, 0.3) is 0 Å². The zero-order valence-electron chi connectivity index (χ0n) is 13.2. The lowest BCUT2D eigenvalue weighted by molar-refractivity contribution is -0.130.